The monoisotopic (exact) mass is 175 g/mol. The van der Waals surface area contributed by atoms with Gasteiger partial charge in [0.1, 0.15) is 10.8 Å². The first-order chi connectivity index (χ1) is 4.75. The van der Waals surface area contributed by atoms with Crippen LogP contribution in [0.5, 0.6) is 5.75 Å². The normalized spacial score (nSPS) is 9.50. The predicted octanol–water partition coefficient (Wildman–Crippen LogP) is 2.80. The van der Waals surface area contributed by atoms with Crippen molar-refractivity contribution in [1.29, 1.82) is 0 Å². The van der Waals surface area contributed by atoms with Crippen molar-refractivity contribution in [3.63, 3.8) is 0 Å². The highest BCUT2D eigenvalue weighted by molar-refractivity contribution is 6.42. The molecule has 0 atom stereocenters. The summed E-state index contributed by atoms with van der Waals surface area (Å²) in [4.78, 5) is 0. The summed E-state index contributed by atoms with van der Waals surface area (Å²) < 4.78 is 4.85. The highest BCUT2D eigenvalue weighted by Gasteiger charge is 2.02. The van der Waals surface area contributed by atoms with Crippen LogP contribution in [0.15, 0.2) is 12.1 Å². The Morgan fingerprint density at radius 1 is 1.50 bits per heavy atom. The zero-order valence-corrected chi connectivity index (χ0v) is 6.83. The Hall–Kier alpha value is -0.400. The molecule has 0 aliphatic heterocycles. The lowest BCUT2D eigenvalue weighted by Gasteiger charge is -2.01. The first-order valence-electron chi connectivity index (χ1n) is 2.65. The molecule has 0 saturated heterocycles. The van der Waals surface area contributed by atoms with Gasteiger partial charge in [-0.15, -0.1) is 0 Å². The molecule has 53 valence electrons. The van der Waals surface area contributed by atoms with Crippen LogP contribution >= 0.6 is 23.2 Å². The minimum Gasteiger partial charge on any atom is -0.494 e. The van der Waals surface area contributed by atoms with E-state index in [0.717, 1.165) is 0 Å². The van der Waals surface area contributed by atoms with E-state index in [-0.39, 0.29) is 0 Å². The second kappa shape index (κ2) is 3.13. The van der Waals surface area contributed by atoms with Crippen LogP contribution in [0.25, 0.3) is 0 Å². The van der Waals surface area contributed by atoms with Crippen molar-refractivity contribution >= 4 is 23.2 Å². The molecule has 0 aliphatic carbocycles. The Kier molecular flexibility index (Phi) is 2.41. The van der Waals surface area contributed by atoms with E-state index in [4.69, 9.17) is 27.9 Å². The Balaban J connectivity index is 3.14. The van der Waals surface area contributed by atoms with Gasteiger partial charge in [-0.2, -0.15) is 0 Å². The van der Waals surface area contributed by atoms with Gasteiger partial charge in [-0.3, -0.25) is 0 Å². The number of rotatable bonds is 1. The number of benzene rings is 1. The molecule has 0 bridgehead atoms. The van der Waals surface area contributed by atoms with E-state index in [1.54, 1.807) is 12.1 Å². The summed E-state index contributed by atoms with van der Waals surface area (Å²) in [7, 11) is 1.52. The van der Waals surface area contributed by atoms with Crippen LogP contribution in [0, 0.1) is 6.07 Å². The maximum Gasteiger partial charge on any atom is 0.146 e. The lowest BCUT2D eigenvalue weighted by Crippen LogP contribution is -1.83. The average Bonchev–Trinajstić information content (AvgIpc) is 1.95. The third-order valence-electron chi connectivity index (χ3n) is 1.06. The maximum atomic E-state index is 5.71. The van der Waals surface area contributed by atoms with Crippen LogP contribution < -0.4 is 4.74 Å². The number of hydrogen-bond donors (Lipinski definition) is 0. The van der Waals surface area contributed by atoms with Crippen LogP contribution in [-0.2, 0) is 0 Å². The smallest absolute Gasteiger partial charge is 0.146 e. The van der Waals surface area contributed by atoms with E-state index in [1.165, 1.54) is 7.11 Å². The molecule has 0 unspecified atom stereocenters. The number of ether oxygens (including phenoxy) is 1. The van der Waals surface area contributed by atoms with Gasteiger partial charge in [0.15, 0.2) is 0 Å². The maximum absolute atomic E-state index is 5.71. The fraction of sp³-hybridized carbons (Fsp3) is 0.143. The minimum atomic E-state index is 0.409. The zero-order valence-electron chi connectivity index (χ0n) is 5.32. The largest absolute Gasteiger partial charge is 0.494 e. The first-order valence-corrected chi connectivity index (χ1v) is 3.41. The third kappa shape index (κ3) is 1.36. The van der Waals surface area contributed by atoms with Gasteiger partial charge in [0.2, 0.25) is 0 Å². The number of methoxy groups -OCH3 is 1. The van der Waals surface area contributed by atoms with Gasteiger partial charge < -0.3 is 4.74 Å². The summed E-state index contributed by atoms with van der Waals surface area (Å²) in [6.07, 6.45) is 0. The topological polar surface area (TPSA) is 9.23 Å². The Morgan fingerprint density at radius 2 is 2.20 bits per heavy atom. The predicted molar refractivity (Wildman–Crippen MR) is 41.9 cm³/mol. The van der Waals surface area contributed by atoms with Crippen LogP contribution in [0.4, 0.5) is 0 Å². The molecule has 0 aromatic heterocycles. The van der Waals surface area contributed by atoms with Crippen molar-refractivity contribution < 1.29 is 4.74 Å². The summed E-state index contributed by atoms with van der Waals surface area (Å²) >= 11 is 11.4. The van der Waals surface area contributed by atoms with Gasteiger partial charge in [0, 0.05) is 6.07 Å². The third-order valence-corrected chi connectivity index (χ3v) is 1.84. The van der Waals surface area contributed by atoms with E-state index in [0.29, 0.717) is 15.8 Å². The average molecular weight is 176 g/mol. The van der Waals surface area contributed by atoms with Crippen molar-refractivity contribution in [1.82, 2.24) is 0 Å². The van der Waals surface area contributed by atoms with Crippen molar-refractivity contribution in [3.8, 4) is 5.75 Å². The van der Waals surface area contributed by atoms with Crippen LogP contribution in [-0.4, -0.2) is 7.11 Å². The van der Waals surface area contributed by atoms with Crippen LogP contribution in [0.2, 0.25) is 10.0 Å². The highest BCUT2D eigenvalue weighted by Crippen LogP contribution is 2.30. The Morgan fingerprint density at radius 3 is 2.70 bits per heavy atom. The molecule has 10 heavy (non-hydrogen) atoms. The summed E-state index contributed by atoms with van der Waals surface area (Å²) in [5.74, 6) is 0.481. The molecule has 1 aromatic rings. The molecule has 1 rings (SSSR count). The number of halogens is 2. The molecule has 0 amide bonds. The van der Waals surface area contributed by atoms with E-state index in [1.807, 2.05) is 0 Å². The highest BCUT2D eigenvalue weighted by atomic mass is 35.5. The minimum absolute atomic E-state index is 0.409. The molecular weight excluding hydrogens is 171 g/mol. The van der Waals surface area contributed by atoms with Gasteiger partial charge in [-0.05, 0) is 12.1 Å². The molecule has 1 aromatic carbocycles. The summed E-state index contributed by atoms with van der Waals surface area (Å²) in [5.41, 5.74) is 0. The molecule has 3 heteroatoms. The molecule has 1 radical (unpaired) electrons. The molecule has 0 heterocycles. The van der Waals surface area contributed by atoms with Crippen LogP contribution in [0.3, 0.4) is 0 Å². The van der Waals surface area contributed by atoms with Gasteiger partial charge >= 0.3 is 0 Å². The molecule has 1 nitrogen and oxygen atoms in total. The van der Waals surface area contributed by atoms with E-state index in [2.05, 4.69) is 6.07 Å². The lowest BCUT2D eigenvalue weighted by molar-refractivity contribution is 0.414. The summed E-state index contributed by atoms with van der Waals surface area (Å²) in [6.45, 7) is 0. The van der Waals surface area contributed by atoms with Gasteiger partial charge in [-0.25, -0.2) is 0 Å². The first kappa shape index (κ1) is 7.70. The molecular formula is C7H5Cl2O. The molecule has 0 N–H and O–H groups in total. The Bertz CT molecular complexity index is 235. The molecule has 0 fully saturated rings. The van der Waals surface area contributed by atoms with Gasteiger partial charge in [0.25, 0.3) is 0 Å². The van der Waals surface area contributed by atoms with Crippen molar-refractivity contribution in [3.05, 3.63) is 28.2 Å². The Labute approximate surface area is 69.5 Å². The van der Waals surface area contributed by atoms with Crippen molar-refractivity contribution in [2.24, 2.45) is 0 Å². The zero-order chi connectivity index (χ0) is 7.56. The second-order valence-electron chi connectivity index (χ2n) is 1.67. The fourth-order valence-corrected chi connectivity index (χ4v) is 0.928. The van der Waals surface area contributed by atoms with Gasteiger partial charge in [-0.1, -0.05) is 23.2 Å². The molecule has 0 aliphatic rings. The van der Waals surface area contributed by atoms with E-state index < -0.39 is 0 Å². The fourth-order valence-electron chi connectivity index (χ4n) is 0.584. The molecule has 0 spiro atoms. The summed E-state index contributed by atoms with van der Waals surface area (Å²) in [6, 6.07) is 6.11. The number of hydrogen-bond acceptors (Lipinski definition) is 1. The van der Waals surface area contributed by atoms with E-state index >= 15 is 0 Å². The standard InChI is InChI=1S/C7H5Cl2O/c1-10-6-4-2-3-5(8)7(6)9/h2-3H,1H3. The summed E-state index contributed by atoms with van der Waals surface area (Å²) in [5, 5.41) is 0.893. The van der Waals surface area contributed by atoms with Gasteiger partial charge in [0.05, 0.1) is 12.1 Å². The second-order valence-corrected chi connectivity index (χ2v) is 2.46. The lowest BCUT2D eigenvalue weighted by atomic mass is 10.3. The molecule has 0 saturated carbocycles. The SMILES string of the molecule is COc1[c]ccc(Cl)c1Cl. The van der Waals surface area contributed by atoms with Crippen molar-refractivity contribution in [2.75, 3.05) is 7.11 Å². The quantitative estimate of drug-likeness (QED) is 0.639. The van der Waals surface area contributed by atoms with E-state index in [9.17, 15) is 0 Å². The van der Waals surface area contributed by atoms with Crippen molar-refractivity contribution in [2.45, 2.75) is 0 Å². The van der Waals surface area contributed by atoms with Crippen LogP contribution in [0.1, 0.15) is 0 Å².